The highest BCUT2D eigenvalue weighted by Crippen LogP contribution is 2.37. The summed E-state index contributed by atoms with van der Waals surface area (Å²) in [6, 6.07) is 0.696. The lowest BCUT2D eigenvalue weighted by Gasteiger charge is -2.26. The molecule has 0 aliphatic carbocycles. The highest BCUT2D eigenvalue weighted by molar-refractivity contribution is 8.00. The molecule has 78 valence electrons. The van der Waals surface area contributed by atoms with Crippen molar-refractivity contribution in [2.45, 2.75) is 24.6 Å². The average molecular weight is 213 g/mol. The minimum atomic E-state index is -0.832. The van der Waals surface area contributed by atoms with Crippen LogP contribution in [0.15, 0.2) is 11.6 Å². The van der Waals surface area contributed by atoms with Crippen molar-refractivity contribution in [1.29, 1.82) is 0 Å². The van der Waals surface area contributed by atoms with Gasteiger partial charge in [-0.05, 0) is 13.3 Å². The van der Waals surface area contributed by atoms with Crippen LogP contribution in [0.1, 0.15) is 13.3 Å². The number of thioether (sulfide) groups is 1. The summed E-state index contributed by atoms with van der Waals surface area (Å²) in [7, 11) is 0. The minimum Gasteiger partial charge on any atom is -0.478 e. The number of hydrogen-bond donors (Lipinski definition) is 1. The third-order valence-corrected chi connectivity index (χ3v) is 4.23. The monoisotopic (exact) mass is 213 g/mol. The number of fused-ring (bicyclic) bond motifs is 2. The quantitative estimate of drug-likeness (QED) is 0.715. The first kappa shape index (κ1) is 10.1. The zero-order chi connectivity index (χ0) is 10.1. The summed E-state index contributed by atoms with van der Waals surface area (Å²) in [6.45, 7) is 3.86. The van der Waals surface area contributed by atoms with E-state index in [-0.39, 0.29) is 0 Å². The number of hydrogen-bond acceptors (Lipinski definition) is 3. The molecule has 0 aromatic rings. The van der Waals surface area contributed by atoms with E-state index in [2.05, 4.69) is 16.7 Å². The Morgan fingerprint density at radius 1 is 1.71 bits per heavy atom. The van der Waals surface area contributed by atoms with Crippen molar-refractivity contribution in [3.63, 3.8) is 0 Å². The molecule has 0 saturated carbocycles. The van der Waals surface area contributed by atoms with Gasteiger partial charge in [0.2, 0.25) is 0 Å². The van der Waals surface area contributed by atoms with Crippen molar-refractivity contribution in [3.8, 4) is 0 Å². The number of carboxylic acids is 1. The number of aliphatic carboxylic acids is 1. The fraction of sp³-hybridized carbons (Fsp3) is 0.700. The highest BCUT2D eigenvalue weighted by atomic mass is 32.2. The van der Waals surface area contributed by atoms with Crippen LogP contribution in [0.3, 0.4) is 0 Å². The molecule has 1 N–H and O–H groups in total. The van der Waals surface area contributed by atoms with E-state index in [4.69, 9.17) is 5.11 Å². The molecule has 2 rings (SSSR count). The van der Waals surface area contributed by atoms with Crippen LogP contribution < -0.4 is 0 Å². The van der Waals surface area contributed by atoms with Crippen LogP contribution in [0.4, 0.5) is 0 Å². The van der Waals surface area contributed by atoms with Gasteiger partial charge >= 0.3 is 5.97 Å². The molecule has 0 radical (unpaired) electrons. The maximum absolute atomic E-state index is 10.4. The molecular weight excluding hydrogens is 198 g/mol. The average Bonchev–Trinajstić information content (AvgIpc) is 2.62. The van der Waals surface area contributed by atoms with Gasteiger partial charge < -0.3 is 5.11 Å². The fourth-order valence-corrected chi connectivity index (χ4v) is 3.75. The number of likely N-dealkylation sites (tertiary alicyclic amines) is 1. The highest BCUT2D eigenvalue weighted by Gasteiger charge is 2.38. The first-order valence-electron chi connectivity index (χ1n) is 4.91. The van der Waals surface area contributed by atoms with Crippen LogP contribution in [-0.4, -0.2) is 46.1 Å². The molecule has 0 aromatic carbocycles. The van der Waals surface area contributed by atoms with Gasteiger partial charge in [-0.1, -0.05) is 5.57 Å². The van der Waals surface area contributed by atoms with E-state index in [1.165, 1.54) is 18.2 Å². The summed E-state index contributed by atoms with van der Waals surface area (Å²) in [4.78, 5) is 12.9. The summed E-state index contributed by atoms with van der Waals surface area (Å²) in [5.74, 6) is 0.395. The molecule has 4 heteroatoms. The molecule has 2 saturated heterocycles. The standard InChI is InChI=1S/C10H15NO2S/c1-7(2-10(12)13)4-11-5-9-3-8(11)6-14-9/h2,8-9H,3-6H2,1H3,(H,12,13)/b7-2+. The second kappa shape index (κ2) is 3.95. The number of rotatable bonds is 3. The van der Waals surface area contributed by atoms with E-state index in [9.17, 15) is 4.79 Å². The van der Waals surface area contributed by atoms with Gasteiger partial charge in [0.05, 0.1) is 0 Å². The first-order valence-corrected chi connectivity index (χ1v) is 5.96. The SMILES string of the molecule is C/C(=C\C(=O)O)CN1CC2CC1CS2. The van der Waals surface area contributed by atoms with Crippen LogP contribution in [0.5, 0.6) is 0 Å². The van der Waals surface area contributed by atoms with Crippen molar-refractivity contribution in [2.24, 2.45) is 0 Å². The Bertz CT molecular complexity index is 277. The van der Waals surface area contributed by atoms with Crippen LogP contribution in [0.25, 0.3) is 0 Å². The maximum atomic E-state index is 10.4. The Kier molecular flexibility index (Phi) is 2.83. The summed E-state index contributed by atoms with van der Waals surface area (Å²) < 4.78 is 0. The van der Waals surface area contributed by atoms with E-state index >= 15 is 0 Å². The summed E-state index contributed by atoms with van der Waals surface area (Å²) in [5.41, 5.74) is 0.954. The molecule has 0 aromatic heterocycles. The predicted octanol–water partition coefficient (Wildman–Crippen LogP) is 1.21. The third kappa shape index (κ3) is 2.12. The normalized spacial score (nSPS) is 32.5. The lowest BCUT2D eigenvalue weighted by Crippen LogP contribution is -2.35. The number of carboxylic acid groups (broad SMARTS) is 1. The van der Waals surface area contributed by atoms with Crippen LogP contribution in [0.2, 0.25) is 0 Å². The van der Waals surface area contributed by atoms with E-state index < -0.39 is 5.97 Å². The smallest absolute Gasteiger partial charge is 0.328 e. The van der Waals surface area contributed by atoms with Crippen molar-refractivity contribution < 1.29 is 9.90 Å². The van der Waals surface area contributed by atoms with Crippen LogP contribution in [-0.2, 0) is 4.79 Å². The van der Waals surface area contributed by atoms with Gasteiger partial charge in [-0.3, -0.25) is 4.90 Å². The molecule has 2 bridgehead atoms. The van der Waals surface area contributed by atoms with Gasteiger partial charge in [0.25, 0.3) is 0 Å². The predicted molar refractivity (Wildman–Crippen MR) is 57.6 cm³/mol. The van der Waals surface area contributed by atoms with Gasteiger partial charge in [-0.2, -0.15) is 11.8 Å². The van der Waals surface area contributed by atoms with Gasteiger partial charge in [-0.15, -0.1) is 0 Å². The van der Waals surface area contributed by atoms with Gasteiger partial charge in [-0.25, -0.2) is 4.79 Å². The van der Waals surface area contributed by atoms with Crippen molar-refractivity contribution in [2.75, 3.05) is 18.8 Å². The zero-order valence-corrected chi connectivity index (χ0v) is 9.09. The molecule has 14 heavy (non-hydrogen) atoms. The fourth-order valence-electron chi connectivity index (χ4n) is 2.25. The zero-order valence-electron chi connectivity index (χ0n) is 8.27. The molecule has 2 aliphatic heterocycles. The largest absolute Gasteiger partial charge is 0.478 e. The molecule has 2 heterocycles. The second-order valence-corrected chi connectivity index (χ2v) is 5.44. The van der Waals surface area contributed by atoms with Crippen molar-refractivity contribution in [3.05, 3.63) is 11.6 Å². The first-order chi connectivity index (χ1) is 6.65. The van der Waals surface area contributed by atoms with E-state index in [0.29, 0.717) is 6.04 Å². The molecule has 3 nitrogen and oxygen atoms in total. The van der Waals surface area contributed by atoms with Crippen molar-refractivity contribution in [1.82, 2.24) is 4.90 Å². The Morgan fingerprint density at radius 3 is 3.00 bits per heavy atom. The van der Waals surface area contributed by atoms with E-state index in [0.717, 1.165) is 23.9 Å². The molecule has 0 amide bonds. The summed E-state index contributed by atoms with van der Waals surface area (Å²) >= 11 is 2.06. The Hall–Kier alpha value is -0.480. The molecule has 2 fully saturated rings. The maximum Gasteiger partial charge on any atom is 0.328 e. The lowest BCUT2D eigenvalue weighted by molar-refractivity contribution is -0.131. The Balaban J connectivity index is 1.89. The molecule has 2 atom stereocenters. The van der Waals surface area contributed by atoms with Crippen LogP contribution in [0, 0.1) is 0 Å². The van der Waals surface area contributed by atoms with E-state index in [1.807, 2.05) is 6.92 Å². The van der Waals surface area contributed by atoms with Gasteiger partial charge in [0.1, 0.15) is 0 Å². The topological polar surface area (TPSA) is 40.5 Å². The summed E-state index contributed by atoms with van der Waals surface area (Å²) in [6.07, 6.45) is 2.62. The van der Waals surface area contributed by atoms with Crippen molar-refractivity contribution >= 4 is 17.7 Å². The Labute approximate surface area is 88.2 Å². The molecule has 2 aliphatic rings. The van der Waals surface area contributed by atoms with Gasteiger partial charge in [0, 0.05) is 36.2 Å². The van der Waals surface area contributed by atoms with E-state index in [1.54, 1.807) is 0 Å². The Morgan fingerprint density at radius 2 is 2.50 bits per heavy atom. The molecular formula is C10H15NO2S. The second-order valence-electron chi connectivity index (χ2n) is 4.10. The molecule has 0 spiro atoms. The third-order valence-electron chi connectivity index (χ3n) is 2.84. The van der Waals surface area contributed by atoms with Gasteiger partial charge in [0.15, 0.2) is 0 Å². The molecule has 2 unspecified atom stereocenters. The number of carbonyl (C=O) groups is 1. The lowest BCUT2D eigenvalue weighted by atomic mass is 10.2. The summed E-state index contributed by atoms with van der Waals surface area (Å²) in [5, 5.41) is 9.39. The number of nitrogens with zero attached hydrogens (tertiary/aromatic N) is 1. The van der Waals surface area contributed by atoms with Crippen LogP contribution >= 0.6 is 11.8 Å². The minimum absolute atomic E-state index is 0.696.